The Hall–Kier alpha value is -1.88. The molecule has 0 saturated heterocycles. The summed E-state index contributed by atoms with van der Waals surface area (Å²) in [6.07, 6.45) is 0.581. The van der Waals surface area contributed by atoms with Crippen molar-refractivity contribution < 1.29 is 19.8 Å². The number of benzene rings is 1. The predicted octanol–water partition coefficient (Wildman–Crippen LogP) is 0.886. The Bertz CT molecular complexity index is 413. The van der Waals surface area contributed by atoms with Crippen LogP contribution in [-0.4, -0.2) is 34.7 Å². The van der Waals surface area contributed by atoms with E-state index in [2.05, 4.69) is 5.32 Å². The number of rotatable bonds is 5. The molecule has 0 aliphatic rings. The predicted molar refractivity (Wildman–Crippen MR) is 62.0 cm³/mol. The first-order valence-electron chi connectivity index (χ1n) is 5.34. The third-order valence-corrected chi connectivity index (χ3v) is 2.45. The molecule has 0 bridgehead atoms. The number of aliphatic hydroxyl groups excluding tert-OH is 1. The summed E-state index contributed by atoms with van der Waals surface area (Å²) in [6.45, 7) is 1.65. The van der Waals surface area contributed by atoms with E-state index in [-0.39, 0.29) is 23.8 Å². The largest absolute Gasteiger partial charge is 0.478 e. The number of carboxylic acid groups (broad SMARTS) is 1. The number of nitrogens with one attached hydrogen (secondary N) is 1. The van der Waals surface area contributed by atoms with Crippen molar-refractivity contribution in [3.63, 3.8) is 0 Å². The topological polar surface area (TPSA) is 86.6 Å². The summed E-state index contributed by atoms with van der Waals surface area (Å²) in [5, 5.41) is 20.5. The molecule has 0 saturated carbocycles. The van der Waals surface area contributed by atoms with Crippen LogP contribution in [0.4, 0.5) is 0 Å². The van der Waals surface area contributed by atoms with Crippen LogP contribution in [-0.2, 0) is 0 Å². The van der Waals surface area contributed by atoms with E-state index in [4.69, 9.17) is 10.2 Å². The molecule has 1 aromatic rings. The van der Waals surface area contributed by atoms with E-state index in [0.717, 1.165) is 0 Å². The Balaban J connectivity index is 2.92. The van der Waals surface area contributed by atoms with Gasteiger partial charge in [0.2, 0.25) is 0 Å². The molecule has 1 aromatic carbocycles. The average Bonchev–Trinajstić information content (AvgIpc) is 2.35. The summed E-state index contributed by atoms with van der Waals surface area (Å²) in [4.78, 5) is 22.7. The van der Waals surface area contributed by atoms with Crippen LogP contribution >= 0.6 is 0 Å². The number of amides is 1. The van der Waals surface area contributed by atoms with Crippen molar-refractivity contribution in [1.29, 1.82) is 0 Å². The standard InChI is InChI=1S/C12H15NO4/c1-2-8(7-14)13-11(15)9-5-3-4-6-10(9)12(16)17/h3-6,8,14H,2,7H2,1H3,(H,13,15)(H,16,17). The third kappa shape index (κ3) is 3.29. The molecule has 0 heterocycles. The van der Waals surface area contributed by atoms with Crippen LogP contribution in [0.5, 0.6) is 0 Å². The van der Waals surface area contributed by atoms with Crippen molar-refractivity contribution in [1.82, 2.24) is 5.32 Å². The second-order valence-corrected chi connectivity index (χ2v) is 3.61. The highest BCUT2D eigenvalue weighted by molar-refractivity contribution is 6.04. The highest BCUT2D eigenvalue weighted by Gasteiger charge is 2.17. The molecule has 17 heavy (non-hydrogen) atoms. The van der Waals surface area contributed by atoms with Gasteiger partial charge in [-0.1, -0.05) is 19.1 Å². The summed E-state index contributed by atoms with van der Waals surface area (Å²) < 4.78 is 0. The Morgan fingerprint density at radius 2 is 1.88 bits per heavy atom. The summed E-state index contributed by atoms with van der Waals surface area (Å²) in [5.74, 6) is -1.63. The van der Waals surface area contributed by atoms with Gasteiger partial charge in [0.15, 0.2) is 0 Å². The lowest BCUT2D eigenvalue weighted by molar-refractivity contribution is 0.0690. The van der Waals surface area contributed by atoms with Gasteiger partial charge in [0, 0.05) is 0 Å². The number of aliphatic hydroxyl groups is 1. The molecule has 1 rings (SSSR count). The fourth-order valence-electron chi connectivity index (χ4n) is 1.41. The lowest BCUT2D eigenvalue weighted by atomic mass is 10.1. The van der Waals surface area contributed by atoms with Crippen molar-refractivity contribution in [3.05, 3.63) is 35.4 Å². The number of aromatic carboxylic acids is 1. The molecule has 3 N–H and O–H groups in total. The highest BCUT2D eigenvalue weighted by atomic mass is 16.4. The van der Waals surface area contributed by atoms with E-state index >= 15 is 0 Å². The van der Waals surface area contributed by atoms with Crippen LogP contribution < -0.4 is 5.32 Å². The molecule has 5 heteroatoms. The lowest BCUT2D eigenvalue weighted by Crippen LogP contribution is -2.37. The van der Waals surface area contributed by atoms with Crippen molar-refractivity contribution in [2.75, 3.05) is 6.61 Å². The van der Waals surface area contributed by atoms with Gasteiger partial charge in [-0.05, 0) is 18.6 Å². The highest BCUT2D eigenvalue weighted by Crippen LogP contribution is 2.09. The van der Waals surface area contributed by atoms with E-state index in [1.54, 1.807) is 12.1 Å². The van der Waals surface area contributed by atoms with Gasteiger partial charge in [0.05, 0.1) is 23.8 Å². The Labute approximate surface area is 99.1 Å². The molecule has 0 aliphatic heterocycles. The maximum atomic E-state index is 11.8. The number of hydrogen-bond donors (Lipinski definition) is 3. The van der Waals surface area contributed by atoms with Gasteiger partial charge in [-0.15, -0.1) is 0 Å². The molecule has 0 aliphatic carbocycles. The van der Waals surface area contributed by atoms with Crippen molar-refractivity contribution in [2.24, 2.45) is 0 Å². The molecule has 92 valence electrons. The molecule has 1 atom stereocenters. The zero-order valence-corrected chi connectivity index (χ0v) is 9.51. The summed E-state index contributed by atoms with van der Waals surface area (Å²) in [5.41, 5.74) is 0.0599. The lowest BCUT2D eigenvalue weighted by Gasteiger charge is -2.14. The summed E-state index contributed by atoms with van der Waals surface area (Å²) in [6, 6.07) is 5.62. The Morgan fingerprint density at radius 3 is 2.35 bits per heavy atom. The van der Waals surface area contributed by atoms with Crippen LogP contribution in [0, 0.1) is 0 Å². The van der Waals surface area contributed by atoms with Crippen molar-refractivity contribution >= 4 is 11.9 Å². The molecule has 0 fully saturated rings. The van der Waals surface area contributed by atoms with Crippen LogP contribution in [0.25, 0.3) is 0 Å². The molecule has 1 unspecified atom stereocenters. The van der Waals surface area contributed by atoms with Crippen LogP contribution in [0.1, 0.15) is 34.1 Å². The van der Waals surface area contributed by atoms with Crippen molar-refractivity contribution in [3.8, 4) is 0 Å². The molecule has 0 spiro atoms. The minimum atomic E-state index is -1.15. The van der Waals surface area contributed by atoms with Gasteiger partial charge in [0.1, 0.15) is 0 Å². The number of carbonyl (C=O) groups excluding carboxylic acids is 1. The normalized spacial score (nSPS) is 11.9. The van der Waals surface area contributed by atoms with E-state index in [0.29, 0.717) is 6.42 Å². The number of hydrogen-bond acceptors (Lipinski definition) is 3. The quantitative estimate of drug-likeness (QED) is 0.709. The monoisotopic (exact) mass is 237 g/mol. The SMILES string of the molecule is CCC(CO)NC(=O)c1ccccc1C(=O)O. The van der Waals surface area contributed by atoms with Crippen LogP contribution in [0.2, 0.25) is 0 Å². The molecule has 0 radical (unpaired) electrons. The zero-order valence-electron chi connectivity index (χ0n) is 9.51. The third-order valence-electron chi connectivity index (χ3n) is 2.45. The molecule has 1 amide bonds. The van der Waals surface area contributed by atoms with Crippen LogP contribution in [0.15, 0.2) is 24.3 Å². The second kappa shape index (κ2) is 6.00. The molecular weight excluding hydrogens is 222 g/mol. The van der Waals surface area contributed by atoms with Crippen molar-refractivity contribution in [2.45, 2.75) is 19.4 Å². The van der Waals surface area contributed by atoms with Gasteiger partial charge in [0.25, 0.3) is 5.91 Å². The summed E-state index contributed by atoms with van der Waals surface area (Å²) >= 11 is 0. The van der Waals surface area contributed by atoms with E-state index < -0.39 is 11.9 Å². The van der Waals surface area contributed by atoms with E-state index in [9.17, 15) is 9.59 Å². The van der Waals surface area contributed by atoms with Gasteiger partial charge >= 0.3 is 5.97 Å². The maximum Gasteiger partial charge on any atom is 0.336 e. The fourth-order valence-corrected chi connectivity index (χ4v) is 1.41. The van der Waals surface area contributed by atoms with Gasteiger partial charge < -0.3 is 15.5 Å². The Morgan fingerprint density at radius 1 is 1.29 bits per heavy atom. The molecule has 5 nitrogen and oxygen atoms in total. The van der Waals surface area contributed by atoms with E-state index in [1.165, 1.54) is 12.1 Å². The van der Waals surface area contributed by atoms with E-state index in [1.807, 2.05) is 6.92 Å². The smallest absolute Gasteiger partial charge is 0.336 e. The fraction of sp³-hybridized carbons (Fsp3) is 0.333. The Kier molecular flexibility index (Phi) is 4.66. The second-order valence-electron chi connectivity index (χ2n) is 3.61. The number of carbonyl (C=O) groups is 2. The maximum absolute atomic E-state index is 11.8. The minimum absolute atomic E-state index is 0.0437. The number of carboxylic acids is 1. The van der Waals surface area contributed by atoms with Gasteiger partial charge in [-0.2, -0.15) is 0 Å². The molecular formula is C12H15NO4. The van der Waals surface area contributed by atoms with Gasteiger partial charge in [-0.25, -0.2) is 4.79 Å². The first kappa shape index (κ1) is 13.2. The first-order valence-corrected chi connectivity index (χ1v) is 5.34. The first-order chi connectivity index (χ1) is 8.10. The average molecular weight is 237 g/mol. The summed E-state index contributed by atoms with van der Waals surface area (Å²) in [7, 11) is 0. The van der Waals surface area contributed by atoms with Gasteiger partial charge in [-0.3, -0.25) is 4.79 Å². The molecule has 0 aromatic heterocycles. The zero-order chi connectivity index (χ0) is 12.8. The minimum Gasteiger partial charge on any atom is -0.478 e. The van der Waals surface area contributed by atoms with Crippen LogP contribution in [0.3, 0.4) is 0 Å².